The number of rotatable bonds is 5. The molecular weight excluding hydrogens is 210 g/mol. The number of aromatic nitrogens is 1. The van der Waals surface area contributed by atoms with Gasteiger partial charge in [0, 0.05) is 4.88 Å². The average molecular weight is 227 g/mol. The SMILES string of the molecule is CCC(C)(CCc1scnc1C)C(=O)O. The Hall–Kier alpha value is -0.900. The molecule has 1 heterocycles. The van der Waals surface area contributed by atoms with Gasteiger partial charge >= 0.3 is 5.97 Å². The van der Waals surface area contributed by atoms with Gasteiger partial charge in [0.25, 0.3) is 0 Å². The molecule has 0 aliphatic carbocycles. The fourth-order valence-corrected chi connectivity index (χ4v) is 2.17. The lowest BCUT2D eigenvalue weighted by atomic mass is 9.82. The fraction of sp³-hybridized carbons (Fsp3) is 0.636. The summed E-state index contributed by atoms with van der Waals surface area (Å²) in [6.07, 6.45) is 2.16. The van der Waals surface area contributed by atoms with Crippen molar-refractivity contribution in [1.29, 1.82) is 0 Å². The number of carboxylic acids is 1. The van der Waals surface area contributed by atoms with Gasteiger partial charge in [-0.05, 0) is 33.1 Å². The Morgan fingerprint density at radius 1 is 1.67 bits per heavy atom. The van der Waals surface area contributed by atoms with E-state index in [2.05, 4.69) is 4.98 Å². The quantitative estimate of drug-likeness (QED) is 0.841. The van der Waals surface area contributed by atoms with Crippen molar-refractivity contribution in [3.63, 3.8) is 0 Å². The van der Waals surface area contributed by atoms with E-state index >= 15 is 0 Å². The van der Waals surface area contributed by atoms with E-state index in [4.69, 9.17) is 5.11 Å². The highest BCUT2D eigenvalue weighted by Gasteiger charge is 2.30. The van der Waals surface area contributed by atoms with Crippen LogP contribution < -0.4 is 0 Å². The summed E-state index contributed by atoms with van der Waals surface area (Å²) in [5.74, 6) is -0.702. The molecule has 0 saturated carbocycles. The second-order valence-electron chi connectivity index (χ2n) is 4.08. The number of thiazole rings is 1. The lowest BCUT2D eigenvalue weighted by Crippen LogP contribution is -2.27. The molecule has 0 aliphatic rings. The van der Waals surface area contributed by atoms with E-state index < -0.39 is 11.4 Å². The first-order valence-corrected chi connectivity index (χ1v) is 6.00. The molecule has 0 saturated heterocycles. The highest BCUT2D eigenvalue weighted by molar-refractivity contribution is 7.09. The maximum Gasteiger partial charge on any atom is 0.309 e. The lowest BCUT2D eigenvalue weighted by molar-refractivity contribution is -0.148. The molecule has 1 atom stereocenters. The lowest BCUT2D eigenvalue weighted by Gasteiger charge is -2.22. The van der Waals surface area contributed by atoms with E-state index in [-0.39, 0.29) is 0 Å². The van der Waals surface area contributed by atoms with Crippen LogP contribution in [-0.4, -0.2) is 16.1 Å². The first-order valence-electron chi connectivity index (χ1n) is 5.12. The third kappa shape index (κ3) is 2.78. The first kappa shape index (κ1) is 12.2. The number of hydrogen-bond donors (Lipinski definition) is 1. The van der Waals surface area contributed by atoms with Crippen molar-refractivity contribution in [2.45, 2.75) is 40.0 Å². The van der Waals surface area contributed by atoms with E-state index in [1.807, 2.05) is 26.3 Å². The highest BCUT2D eigenvalue weighted by atomic mass is 32.1. The van der Waals surface area contributed by atoms with Crippen molar-refractivity contribution in [3.8, 4) is 0 Å². The Bertz CT molecular complexity index is 348. The summed E-state index contributed by atoms with van der Waals surface area (Å²) in [5.41, 5.74) is 2.24. The van der Waals surface area contributed by atoms with Crippen molar-refractivity contribution in [2.24, 2.45) is 5.41 Å². The Morgan fingerprint density at radius 3 is 2.73 bits per heavy atom. The molecule has 1 aromatic heterocycles. The van der Waals surface area contributed by atoms with E-state index in [0.717, 1.165) is 12.1 Å². The van der Waals surface area contributed by atoms with Gasteiger partial charge in [0.15, 0.2) is 0 Å². The Morgan fingerprint density at radius 2 is 2.33 bits per heavy atom. The van der Waals surface area contributed by atoms with Crippen LogP contribution >= 0.6 is 11.3 Å². The van der Waals surface area contributed by atoms with Gasteiger partial charge in [-0.1, -0.05) is 6.92 Å². The fourth-order valence-electron chi connectivity index (χ4n) is 1.39. The van der Waals surface area contributed by atoms with E-state index in [9.17, 15) is 4.79 Å². The van der Waals surface area contributed by atoms with Crippen LogP contribution in [0.25, 0.3) is 0 Å². The monoisotopic (exact) mass is 227 g/mol. The average Bonchev–Trinajstić information content (AvgIpc) is 2.60. The first-order chi connectivity index (χ1) is 6.99. The highest BCUT2D eigenvalue weighted by Crippen LogP contribution is 2.29. The maximum atomic E-state index is 11.1. The number of nitrogens with zero attached hydrogens (tertiary/aromatic N) is 1. The van der Waals surface area contributed by atoms with E-state index in [1.54, 1.807) is 11.3 Å². The number of aliphatic carboxylic acids is 1. The molecule has 0 spiro atoms. The van der Waals surface area contributed by atoms with Gasteiger partial charge in [-0.15, -0.1) is 11.3 Å². The number of carboxylic acid groups (broad SMARTS) is 1. The zero-order chi connectivity index (χ0) is 11.5. The van der Waals surface area contributed by atoms with Crippen LogP contribution in [0.5, 0.6) is 0 Å². The smallest absolute Gasteiger partial charge is 0.309 e. The molecule has 3 nitrogen and oxygen atoms in total. The van der Waals surface area contributed by atoms with Gasteiger partial charge in [0.2, 0.25) is 0 Å². The van der Waals surface area contributed by atoms with Gasteiger partial charge in [0.1, 0.15) is 0 Å². The number of hydrogen-bond acceptors (Lipinski definition) is 3. The standard InChI is InChI=1S/C11H17NO2S/c1-4-11(3,10(13)14)6-5-9-8(2)12-7-15-9/h7H,4-6H2,1-3H3,(H,13,14). The zero-order valence-electron chi connectivity index (χ0n) is 9.41. The molecule has 84 valence electrons. The minimum atomic E-state index is -0.702. The van der Waals surface area contributed by atoms with Crippen LogP contribution in [0.2, 0.25) is 0 Å². The van der Waals surface area contributed by atoms with Gasteiger partial charge in [-0.3, -0.25) is 4.79 Å². The van der Waals surface area contributed by atoms with Crippen molar-refractivity contribution >= 4 is 17.3 Å². The van der Waals surface area contributed by atoms with Crippen LogP contribution in [0.1, 0.15) is 37.3 Å². The summed E-state index contributed by atoms with van der Waals surface area (Å²) in [6.45, 7) is 5.70. The molecule has 0 aliphatic heterocycles. The second-order valence-corrected chi connectivity index (χ2v) is 5.02. The minimum Gasteiger partial charge on any atom is -0.481 e. The third-order valence-corrected chi connectivity index (χ3v) is 4.04. The summed E-state index contributed by atoms with van der Waals surface area (Å²) in [5, 5.41) is 9.12. The molecule has 4 heteroatoms. The summed E-state index contributed by atoms with van der Waals surface area (Å²) >= 11 is 1.61. The molecule has 0 bridgehead atoms. The van der Waals surface area contributed by atoms with E-state index in [1.165, 1.54) is 4.88 Å². The van der Waals surface area contributed by atoms with Crippen molar-refractivity contribution in [3.05, 3.63) is 16.1 Å². The van der Waals surface area contributed by atoms with Crippen LogP contribution in [0.4, 0.5) is 0 Å². The second kappa shape index (κ2) is 4.75. The van der Waals surface area contributed by atoms with Crippen LogP contribution in [0, 0.1) is 12.3 Å². The van der Waals surface area contributed by atoms with Crippen molar-refractivity contribution in [2.75, 3.05) is 0 Å². The maximum absolute atomic E-state index is 11.1. The number of carbonyl (C=O) groups is 1. The molecule has 0 amide bonds. The largest absolute Gasteiger partial charge is 0.481 e. The van der Waals surface area contributed by atoms with Crippen molar-refractivity contribution in [1.82, 2.24) is 4.98 Å². The predicted octanol–water partition coefficient (Wildman–Crippen LogP) is 2.89. The summed E-state index contributed by atoms with van der Waals surface area (Å²) in [4.78, 5) is 16.4. The molecule has 1 rings (SSSR count). The zero-order valence-corrected chi connectivity index (χ0v) is 10.2. The van der Waals surface area contributed by atoms with Crippen molar-refractivity contribution < 1.29 is 9.90 Å². The Kier molecular flexibility index (Phi) is 3.85. The predicted molar refractivity (Wildman–Crippen MR) is 61.2 cm³/mol. The summed E-state index contributed by atoms with van der Waals surface area (Å²) in [6, 6.07) is 0. The molecule has 1 N–H and O–H groups in total. The molecule has 0 fully saturated rings. The Labute approximate surface area is 94.2 Å². The molecule has 1 unspecified atom stereocenters. The molecule has 0 radical (unpaired) electrons. The molecule has 1 aromatic rings. The van der Waals surface area contributed by atoms with Crippen LogP contribution in [0.3, 0.4) is 0 Å². The molecule has 15 heavy (non-hydrogen) atoms. The topological polar surface area (TPSA) is 50.2 Å². The third-order valence-electron chi connectivity index (χ3n) is 3.05. The van der Waals surface area contributed by atoms with Gasteiger partial charge in [0.05, 0.1) is 16.6 Å². The molecule has 0 aromatic carbocycles. The molecular formula is C11H17NO2S. The van der Waals surface area contributed by atoms with Gasteiger partial charge < -0.3 is 5.11 Å². The van der Waals surface area contributed by atoms with E-state index in [0.29, 0.717) is 12.8 Å². The normalized spacial score (nSPS) is 14.9. The minimum absolute atomic E-state index is 0.601. The Balaban J connectivity index is 2.63. The summed E-state index contributed by atoms with van der Waals surface area (Å²) < 4.78 is 0. The van der Waals surface area contributed by atoms with Gasteiger partial charge in [-0.2, -0.15) is 0 Å². The van der Waals surface area contributed by atoms with Crippen LogP contribution in [0.15, 0.2) is 5.51 Å². The number of aryl methyl sites for hydroxylation is 2. The van der Waals surface area contributed by atoms with Gasteiger partial charge in [-0.25, -0.2) is 4.98 Å². The van der Waals surface area contributed by atoms with Crippen LogP contribution in [-0.2, 0) is 11.2 Å². The summed E-state index contributed by atoms with van der Waals surface area (Å²) in [7, 11) is 0.